The van der Waals surface area contributed by atoms with Gasteiger partial charge in [0.15, 0.2) is 11.5 Å². The van der Waals surface area contributed by atoms with Crippen LogP contribution in [0.15, 0.2) is 6.07 Å². The topological polar surface area (TPSA) is 98.0 Å². The summed E-state index contributed by atoms with van der Waals surface area (Å²) in [5.41, 5.74) is 1.54. The van der Waals surface area contributed by atoms with Gasteiger partial charge in [-0.3, -0.25) is 4.79 Å². The molecule has 0 saturated heterocycles. The van der Waals surface area contributed by atoms with Crippen LogP contribution in [0.25, 0.3) is 0 Å². The molecule has 3 rings (SSSR count). The van der Waals surface area contributed by atoms with E-state index in [4.69, 9.17) is 0 Å². The van der Waals surface area contributed by atoms with Crippen LogP contribution in [0.4, 0.5) is 0 Å². The summed E-state index contributed by atoms with van der Waals surface area (Å²) in [5.74, 6) is -0.982. The molecule has 5 nitrogen and oxygen atoms in total. The van der Waals surface area contributed by atoms with Crippen LogP contribution in [0, 0.1) is 10.8 Å². The Bertz CT molecular complexity index is 746. The predicted molar refractivity (Wildman–Crippen MR) is 117 cm³/mol. The van der Waals surface area contributed by atoms with Crippen molar-refractivity contribution in [1.82, 2.24) is 0 Å². The molecule has 0 bridgehead atoms. The number of unbranched alkanes of at least 4 members (excludes halogenated alkanes) is 5. The molecule has 0 aromatic heterocycles. The molecule has 2 aliphatic carbocycles. The lowest BCUT2D eigenvalue weighted by atomic mass is 9.93. The molecule has 4 N–H and O–H groups in total. The van der Waals surface area contributed by atoms with Crippen LogP contribution in [0.1, 0.15) is 102 Å². The number of phenols is 3. The van der Waals surface area contributed by atoms with Crippen LogP contribution in [0.5, 0.6) is 17.2 Å². The average Bonchev–Trinajstić information content (AvgIpc) is 3.61. The molecule has 2 fully saturated rings. The highest BCUT2D eigenvalue weighted by atomic mass is 16.4. The molecule has 0 heterocycles. The zero-order valence-corrected chi connectivity index (χ0v) is 18.4. The van der Waals surface area contributed by atoms with Crippen molar-refractivity contribution in [2.45, 2.75) is 103 Å². The summed E-state index contributed by atoms with van der Waals surface area (Å²) in [6.45, 7) is 2.36. The molecule has 2 saturated carbocycles. The van der Waals surface area contributed by atoms with Gasteiger partial charge >= 0.3 is 5.97 Å². The van der Waals surface area contributed by atoms with Gasteiger partial charge in [0.1, 0.15) is 5.75 Å². The van der Waals surface area contributed by atoms with Crippen LogP contribution >= 0.6 is 0 Å². The van der Waals surface area contributed by atoms with Gasteiger partial charge in [-0.15, -0.1) is 0 Å². The van der Waals surface area contributed by atoms with Crippen molar-refractivity contribution >= 4 is 5.97 Å². The Morgan fingerprint density at radius 1 is 0.800 bits per heavy atom. The number of aromatic hydroxyl groups is 3. The molecule has 0 aliphatic heterocycles. The fourth-order valence-electron chi connectivity index (χ4n) is 4.62. The third-order valence-corrected chi connectivity index (χ3v) is 7.43. The highest BCUT2D eigenvalue weighted by Gasteiger charge is 2.49. The first-order chi connectivity index (χ1) is 14.3. The number of phenolic OH excluding ortho intramolecular Hbond substituents is 3. The van der Waals surface area contributed by atoms with Crippen LogP contribution < -0.4 is 0 Å². The Kier molecular flexibility index (Phi) is 7.20. The van der Waals surface area contributed by atoms with Crippen LogP contribution in [-0.2, 0) is 17.6 Å². The largest absolute Gasteiger partial charge is 0.508 e. The van der Waals surface area contributed by atoms with Gasteiger partial charge in [-0.2, -0.15) is 0 Å². The highest BCUT2D eigenvalue weighted by molar-refractivity contribution is 5.77. The summed E-state index contributed by atoms with van der Waals surface area (Å²) >= 11 is 0. The van der Waals surface area contributed by atoms with Crippen LogP contribution in [-0.4, -0.2) is 26.4 Å². The van der Waals surface area contributed by atoms with E-state index in [9.17, 15) is 25.2 Å². The van der Waals surface area contributed by atoms with Gasteiger partial charge in [-0.25, -0.2) is 0 Å². The first-order valence-electron chi connectivity index (χ1n) is 11.8. The normalized spacial score (nSPS) is 18.3. The second-order valence-electron chi connectivity index (χ2n) is 10.1. The first kappa shape index (κ1) is 22.8. The minimum atomic E-state index is -0.669. The van der Waals surface area contributed by atoms with E-state index in [1.54, 1.807) is 0 Å². The van der Waals surface area contributed by atoms with Crippen molar-refractivity contribution in [1.29, 1.82) is 0 Å². The van der Waals surface area contributed by atoms with E-state index < -0.39 is 11.4 Å². The Hall–Kier alpha value is -1.91. The zero-order valence-electron chi connectivity index (χ0n) is 18.4. The highest BCUT2D eigenvalue weighted by Crippen LogP contribution is 2.50. The number of benzene rings is 1. The lowest BCUT2D eigenvalue weighted by molar-refractivity contribution is -0.143. The molecule has 0 unspecified atom stereocenters. The maximum atomic E-state index is 11.3. The van der Waals surface area contributed by atoms with Crippen molar-refractivity contribution < 1.29 is 25.2 Å². The van der Waals surface area contributed by atoms with Gasteiger partial charge in [0, 0.05) is 17.2 Å². The predicted octanol–water partition coefficient (Wildman–Crippen LogP) is 6.06. The van der Waals surface area contributed by atoms with E-state index >= 15 is 0 Å². The summed E-state index contributed by atoms with van der Waals surface area (Å²) in [6.07, 6.45) is 14.7. The molecule has 0 radical (unpaired) electrons. The number of carboxylic acid groups (broad SMARTS) is 1. The Labute approximate surface area is 180 Å². The number of hydrogen-bond donors (Lipinski definition) is 4. The number of carboxylic acids is 1. The van der Waals surface area contributed by atoms with E-state index in [1.807, 2.05) is 0 Å². The minimum absolute atomic E-state index is 0.0474. The summed E-state index contributed by atoms with van der Waals surface area (Å²) in [5, 5.41) is 39.9. The number of aliphatic carboxylic acids is 1. The number of hydrogen-bond acceptors (Lipinski definition) is 4. The van der Waals surface area contributed by atoms with Gasteiger partial charge < -0.3 is 20.4 Å². The van der Waals surface area contributed by atoms with E-state index in [0.717, 1.165) is 56.9 Å². The van der Waals surface area contributed by atoms with Gasteiger partial charge in [-0.05, 0) is 69.6 Å². The number of carbonyl (C=O) groups is 1. The summed E-state index contributed by atoms with van der Waals surface area (Å²) in [4.78, 5) is 11.3. The Morgan fingerprint density at radius 2 is 1.37 bits per heavy atom. The fraction of sp³-hybridized carbons (Fsp3) is 0.720. The zero-order chi connectivity index (χ0) is 21.8. The summed E-state index contributed by atoms with van der Waals surface area (Å²) in [7, 11) is 0. The minimum Gasteiger partial charge on any atom is -0.508 e. The third-order valence-electron chi connectivity index (χ3n) is 7.43. The quantitative estimate of drug-likeness (QED) is 0.167. The fourth-order valence-corrected chi connectivity index (χ4v) is 4.62. The summed E-state index contributed by atoms with van der Waals surface area (Å²) < 4.78 is 0. The monoisotopic (exact) mass is 418 g/mol. The molecule has 0 atom stereocenters. The second kappa shape index (κ2) is 9.49. The van der Waals surface area contributed by atoms with Crippen molar-refractivity contribution in [2.75, 3.05) is 0 Å². The second-order valence-corrected chi connectivity index (χ2v) is 10.1. The van der Waals surface area contributed by atoms with Crippen molar-refractivity contribution in [3.05, 3.63) is 17.2 Å². The molecule has 30 heavy (non-hydrogen) atoms. The van der Waals surface area contributed by atoms with Gasteiger partial charge in [0.05, 0.1) is 5.41 Å². The average molecular weight is 419 g/mol. The Balaban J connectivity index is 1.45. The third kappa shape index (κ3) is 5.83. The molecular formula is C25H38O5. The first-order valence-corrected chi connectivity index (χ1v) is 11.8. The van der Waals surface area contributed by atoms with Crippen molar-refractivity contribution in [3.8, 4) is 17.2 Å². The molecular weight excluding hydrogens is 380 g/mol. The molecule has 0 spiro atoms. The van der Waals surface area contributed by atoms with E-state index in [-0.39, 0.29) is 17.2 Å². The van der Waals surface area contributed by atoms with Gasteiger partial charge in [0.2, 0.25) is 0 Å². The Morgan fingerprint density at radius 3 is 1.97 bits per heavy atom. The molecule has 0 amide bonds. The van der Waals surface area contributed by atoms with Crippen LogP contribution in [0.2, 0.25) is 0 Å². The lowest BCUT2D eigenvalue weighted by Gasteiger charge is -2.15. The molecule has 2 aliphatic rings. The van der Waals surface area contributed by atoms with E-state index in [1.165, 1.54) is 38.2 Å². The molecule has 168 valence electrons. The van der Waals surface area contributed by atoms with Crippen LogP contribution in [0.3, 0.4) is 0 Å². The van der Waals surface area contributed by atoms with Gasteiger partial charge in [0.25, 0.3) is 0 Å². The molecule has 5 heteroatoms. The smallest absolute Gasteiger partial charge is 0.309 e. The van der Waals surface area contributed by atoms with Crippen molar-refractivity contribution in [3.63, 3.8) is 0 Å². The number of rotatable bonds is 14. The van der Waals surface area contributed by atoms with Crippen molar-refractivity contribution in [2.24, 2.45) is 10.8 Å². The van der Waals surface area contributed by atoms with Gasteiger partial charge in [-0.1, -0.05) is 39.0 Å². The summed E-state index contributed by atoms with van der Waals surface area (Å²) in [6, 6.07) is 1.23. The maximum absolute atomic E-state index is 11.3. The molecule has 1 aromatic rings. The van der Waals surface area contributed by atoms with E-state index in [0.29, 0.717) is 23.8 Å². The van der Waals surface area contributed by atoms with E-state index in [2.05, 4.69) is 6.92 Å². The SMILES string of the molecule is CC1(CCCCCCc2c(O)c(O)cc(O)c2CCCCCC2(C(=O)O)CC2)CC1. The molecule has 1 aromatic carbocycles. The maximum Gasteiger partial charge on any atom is 0.309 e. The standard InChI is InChI=1S/C25H38O5/c1-24(13-14-24)11-7-3-2-5-10-19-18(20(26)17-21(27)22(19)28)9-6-4-8-12-25(15-16-25)23(29)30/h17,26-28H,2-16H2,1H3,(H,29,30). The lowest BCUT2D eigenvalue weighted by Crippen LogP contribution is -2.14.